The van der Waals surface area contributed by atoms with Gasteiger partial charge in [0, 0.05) is 13.0 Å². The second kappa shape index (κ2) is 6.85. The van der Waals surface area contributed by atoms with Crippen LogP contribution < -0.4 is 5.32 Å². The molecule has 1 aliphatic heterocycles. The molecule has 1 amide bonds. The molecule has 5 heteroatoms. The third-order valence-electron chi connectivity index (χ3n) is 2.80. The van der Waals surface area contributed by atoms with Gasteiger partial charge in [0.1, 0.15) is 12.4 Å². The summed E-state index contributed by atoms with van der Waals surface area (Å²) in [5.74, 6) is -0.839. The van der Waals surface area contributed by atoms with Crippen molar-refractivity contribution in [3.8, 4) is 0 Å². The fourth-order valence-corrected chi connectivity index (χ4v) is 2.04. The van der Waals surface area contributed by atoms with E-state index in [4.69, 9.17) is 9.47 Å². The Morgan fingerprint density at radius 1 is 1.44 bits per heavy atom. The van der Waals surface area contributed by atoms with Gasteiger partial charge in [0.2, 0.25) is 5.91 Å². The Morgan fingerprint density at radius 2 is 2.17 bits per heavy atom. The van der Waals surface area contributed by atoms with E-state index in [0.29, 0.717) is 13.0 Å². The summed E-state index contributed by atoms with van der Waals surface area (Å²) in [5, 5.41) is 2.84. The molecule has 1 N–H and O–H groups in total. The lowest BCUT2D eigenvalue weighted by Gasteiger charge is -2.38. The van der Waals surface area contributed by atoms with Crippen LogP contribution >= 0.6 is 0 Å². The van der Waals surface area contributed by atoms with Crippen molar-refractivity contribution < 1.29 is 19.1 Å². The zero-order chi connectivity index (χ0) is 13.6. The van der Waals surface area contributed by atoms with Crippen molar-refractivity contribution in [1.82, 2.24) is 5.32 Å². The number of amides is 1. The second-order valence-electron chi connectivity index (χ2n) is 5.08. The lowest BCUT2D eigenvalue weighted by Crippen LogP contribution is -2.46. The van der Waals surface area contributed by atoms with Gasteiger partial charge in [-0.25, -0.2) is 0 Å². The lowest BCUT2D eigenvalue weighted by atomic mass is 10.1. The zero-order valence-corrected chi connectivity index (χ0v) is 11.4. The van der Waals surface area contributed by atoms with Gasteiger partial charge in [-0.15, -0.1) is 0 Å². The van der Waals surface area contributed by atoms with E-state index >= 15 is 0 Å². The molecular weight excluding hydrogens is 234 g/mol. The molecule has 0 saturated carbocycles. The molecule has 1 heterocycles. The van der Waals surface area contributed by atoms with Crippen LogP contribution in [0.1, 0.15) is 46.5 Å². The van der Waals surface area contributed by atoms with Gasteiger partial charge in [0.05, 0.1) is 12.5 Å². The third kappa shape index (κ3) is 5.14. The van der Waals surface area contributed by atoms with Crippen LogP contribution in [0.25, 0.3) is 0 Å². The molecule has 1 fully saturated rings. The van der Waals surface area contributed by atoms with Crippen molar-refractivity contribution in [2.75, 3.05) is 6.54 Å². The van der Waals surface area contributed by atoms with Gasteiger partial charge in [-0.05, 0) is 20.3 Å². The van der Waals surface area contributed by atoms with Gasteiger partial charge in [-0.1, -0.05) is 13.3 Å². The number of carbonyl (C=O) groups excluding carboxylic acids is 2. The number of rotatable bonds is 6. The first kappa shape index (κ1) is 15.1. The molecule has 1 rings (SSSR count). The van der Waals surface area contributed by atoms with Crippen LogP contribution in [-0.4, -0.2) is 36.7 Å². The predicted molar refractivity (Wildman–Crippen MR) is 67.0 cm³/mol. The highest BCUT2D eigenvalue weighted by molar-refractivity contribution is 5.76. The van der Waals surface area contributed by atoms with E-state index in [1.165, 1.54) is 0 Å². The van der Waals surface area contributed by atoms with Crippen LogP contribution in [0.4, 0.5) is 0 Å². The van der Waals surface area contributed by atoms with Gasteiger partial charge in [-0.3, -0.25) is 4.79 Å². The molecule has 0 radical (unpaired) electrons. The molecule has 18 heavy (non-hydrogen) atoms. The highest BCUT2D eigenvalue weighted by atomic mass is 16.7. The maximum absolute atomic E-state index is 11.7. The lowest BCUT2D eigenvalue weighted by molar-refractivity contribution is -0.290. The number of hydrogen-bond donors (Lipinski definition) is 1. The first-order valence-corrected chi connectivity index (χ1v) is 6.54. The van der Waals surface area contributed by atoms with Gasteiger partial charge < -0.3 is 19.6 Å². The zero-order valence-electron chi connectivity index (χ0n) is 11.4. The van der Waals surface area contributed by atoms with Crippen LogP contribution in [0, 0.1) is 0 Å². The van der Waals surface area contributed by atoms with E-state index < -0.39 is 11.9 Å². The number of aldehydes is 1. The molecule has 2 atom stereocenters. The summed E-state index contributed by atoms with van der Waals surface area (Å²) >= 11 is 0. The van der Waals surface area contributed by atoms with Crippen molar-refractivity contribution in [1.29, 1.82) is 0 Å². The normalized spacial score (nSPS) is 26.6. The van der Waals surface area contributed by atoms with Crippen molar-refractivity contribution in [3.05, 3.63) is 0 Å². The quantitative estimate of drug-likeness (QED) is 0.577. The van der Waals surface area contributed by atoms with Crippen molar-refractivity contribution in [2.24, 2.45) is 0 Å². The Kier molecular flexibility index (Phi) is 5.75. The molecule has 0 aromatic heterocycles. The first-order chi connectivity index (χ1) is 8.46. The number of hydrogen-bond acceptors (Lipinski definition) is 4. The number of unbranched alkanes of at least 4 members (excludes halogenated alkanes) is 1. The summed E-state index contributed by atoms with van der Waals surface area (Å²) in [5.41, 5.74) is 0. The molecule has 0 spiro atoms. The summed E-state index contributed by atoms with van der Waals surface area (Å²) in [6, 6.07) is 0. The maximum Gasteiger partial charge on any atom is 0.222 e. The summed E-state index contributed by atoms with van der Waals surface area (Å²) in [6.45, 7) is 6.28. The van der Waals surface area contributed by atoms with E-state index in [2.05, 4.69) is 12.2 Å². The molecule has 1 aliphatic rings. The highest BCUT2D eigenvalue weighted by Gasteiger charge is 2.36. The Balaban J connectivity index is 2.40. The fraction of sp³-hybridized carbons (Fsp3) is 0.846. The topological polar surface area (TPSA) is 64.6 Å². The summed E-state index contributed by atoms with van der Waals surface area (Å²) in [4.78, 5) is 22.5. The molecule has 0 aromatic carbocycles. The highest BCUT2D eigenvalue weighted by Crippen LogP contribution is 2.27. The molecule has 0 aromatic rings. The average Bonchev–Trinajstić information content (AvgIpc) is 2.27. The third-order valence-corrected chi connectivity index (χ3v) is 2.80. The fourth-order valence-electron chi connectivity index (χ4n) is 2.04. The van der Waals surface area contributed by atoms with E-state index in [1.54, 1.807) is 13.8 Å². The SMILES string of the molecule is CCCCNC(=O)C[C@H]1C[C@@H](C=O)OC(C)(C)O1. The molecule has 5 nitrogen and oxygen atoms in total. The van der Waals surface area contributed by atoms with Crippen LogP contribution in [0.2, 0.25) is 0 Å². The largest absolute Gasteiger partial charge is 0.356 e. The van der Waals surface area contributed by atoms with Gasteiger partial charge in [-0.2, -0.15) is 0 Å². The van der Waals surface area contributed by atoms with Crippen molar-refractivity contribution >= 4 is 12.2 Å². The minimum absolute atomic E-state index is 0.0317. The number of nitrogens with one attached hydrogen (secondary N) is 1. The smallest absolute Gasteiger partial charge is 0.222 e. The average molecular weight is 257 g/mol. The summed E-state index contributed by atoms with van der Waals surface area (Å²) in [6.07, 6.45) is 2.77. The molecule has 0 bridgehead atoms. The Morgan fingerprint density at radius 3 is 2.78 bits per heavy atom. The van der Waals surface area contributed by atoms with Crippen molar-refractivity contribution in [2.45, 2.75) is 64.4 Å². The van der Waals surface area contributed by atoms with Crippen LogP contribution in [0.15, 0.2) is 0 Å². The van der Waals surface area contributed by atoms with E-state index in [-0.39, 0.29) is 18.4 Å². The summed E-state index contributed by atoms with van der Waals surface area (Å²) < 4.78 is 11.1. The van der Waals surface area contributed by atoms with Crippen LogP contribution in [-0.2, 0) is 19.1 Å². The van der Waals surface area contributed by atoms with Crippen LogP contribution in [0.3, 0.4) is 0 Å². The number of carbonyl (C=O) groups is 2. The first-order valence-electron chi connectivity index (χ1n) is 6.54. The minimum atomic E-state index is -0.807. The maximum atomic E-state index is 11.7. The molecular formula is C13H23NO4. The molecule has 0 aliphatic carbocycles. The van der Waals surface area contributed by atoms with Gasteiger partial charge >= 0.3 is 0 Å². The van der Waals surface area contributed by atoms with Crippen molar-refractivity contribution in [3.63, 3.8) is 0 Å². The number of ether oxygens (including phenoxy) is 2. The molecule has 104 valence electrons. The monoisotopic (exact) mass is 257 g/mol. The Labute approximate surface area is 108 Å². The van der Waals surface area contributed by atoms with E-state index in [9.17, 15) is 9.59 Å². The summed E-state index contributed by atoms with van der Waals surface area (Å²) in [7, 11) is 0. The van der Waals surface area contributed by atoms with E-state index in [0.717, 1.165) is 19.1 Å². The Hall–Kier alpha value is -0.940. The standard InChI is InChI=1S/C13H23NO4/c1-4-5-6-14-12(16)8-10-7-11(9-15)18-13(2,3)17-10/h9-11H,4-8H2,1-3H3,(H,14,16)/t10-,11+/m1/s1. The van der Waals surface area contributed by atoms with Gasteiger partial charge in [0.25, 0.3) is 0 Å². The Bertz CT molecular complexity index is 291. The van der Waals surface area contributed by atoms with Crippen LogP contribution in [0.5, 0.6) is 0 Å². The minimum Gasteiger partial charge on any atom is -0.356 e. The molecule has 1 saturated heterocycles. The van der Waals surface area contributed by atoms with E-state index in [1.807, 2.05) is 0 Å². The molecule has 0 unspecified atom stereocenters. The second-order valence-corrected chi connectivity index (χ2v) is 5.08. The van der Waals surface area contributed by atoms with Gasteiger partial charge in [0.15, 0.2) is 5.79 Å². The predicted octanol–water partition coefficient (Wildman–Crippen LogP) is 1.40.